The van der Waals surface area contributed by atoms with Crippen molar-refractivity contribution in [1.29, 1.82) is 0 Å². The molecule has 2 aliphatic heterocycles. The van der Waals surface area contributed by atoms with Crippen molar-refractivity contribution >= 4 is 28.9 Å². The minimum atomic E-state index is -0.321. The van der Waals surface area contributed by atoms with E-state index in [4.69, 9.17) is 21.1 Å². The van der Waals surface area contributed by atoms with Crippen LogP contribution in [0.4, 0.5) is 11.4 Å². The van der Waals surface area contributed by atoms with Gasteiger partial charge in [-0.2, -0.15) is 0 Å². The normalized spacial score (nSPS) is 21.8. The molecule has 0 radical (unpaired) electrons. The Morgan fingerprint density at radius 3 is 2.49 bits per heavy atom. The summed E-state index contributed by atoms with van der Waals surface area (Å²) in [4.78, 5) is 17.3. The number of halogens is 1. The summed E-state index contributed by atoms with van der Waals surface area (Å²) >= 11 is 6.02. The minimum Gasteiger partial charge on any atom is -0.495 e. The van der Waals surface area contributed by atoms with Gasteiger partial charge < -0.3 is 19.5 Å². The smallest absolute Gasteiger partial charge is 0.264 e. The van der Waals surface area contributed by atoms with Crippen LogP contribution in [0.2, 0.25) is 5.02 Å². The number of ether oxygens (including phenoxy) is 2. The number of hydrogen-bond donors (Lipinski definition) is 1. The molecule has 0 bridgehead atoms. The van der Waals surface area contributed by atoms with Gasteiger partial charge in [0.25, 0.3) is 5.91 Å². The molecule has 6 rings (SSSR count). The highest BCUT2D eigenvalue weighted by atomic mass is 35.5. The van der Waals surface area contributed by atoms with Crippen LogP contribution in [-0.4, -0.2) is 44.0 Å². The van der Waals surface area contributed by atoms with Crippen LogP contribution in [0.3, 0.4) is 0 Å². The topological polar surface area (TPSA) is 62.2 Å². The highest BCUT2D eigenvalue weighted by Gasteiger charge is 2.39. The second-order valence-corrected chi connectivity index (χ2v) is 10.7. The van der Waals surface area contributed by atoms with E-state index in [0.717, 1.165) is 23.4 Å². The number of rotatable bonds is 5. The lowest BCUT2D eigenvalue weighted by molar-refractivity contribution is 0.0937. The molecule has 3 aliphatic rings. The van der Waals surface area contributed by atoms with Crippen molar-refractivity contribution in [2.24, 2.45) is 11.8 Å². The molecule has 37 heavy (non-hydrogen) atoms. The summed E-state index contributed by atoms with van der Waals surface area (Å²) in [7, 11) is 1.64. The zero-order valence-electron chi connectivity index (χ0n) is 20.9. The first-order chi connectivity index (χ1) is 18.0. The van der Waals surface area contributed by atoms with Crippen molar-refractivity contribution in [2.75, 3.05) is 36.7 Å². The van der Waals surface area contributed by atoms with Gasteiger partial charge in [0.2, 0.25) is 0 Å². The van der Waals surface area contributed by atoms with Gasteiger partial charge in [0, 0.05) is 30.1 Å². The van der Waals surface area contributed by atoms with Gasteiger partial charge in [-0.25, -0.2) is 0 Å². The fraction of sp³-hybridized carbons (Fsp3) is 0.367. The molecule has 0 aromatic heterocycles. The fourth-order valence-corrected chi connectivity index (χ4v) is 6.25. The van der Waals surface area contributed by atoms with Crippen molar-refractivity contribution in [3.05, 3.63) is 71.2 Å². The average Bonchev–Trinajstić information content (AvgIpc) is 3.58. The Hall–Kier alpha value is -3.22. The number of aliphatic hydroxyl groups is 1. The number of carbonyl (C=O) groups excluding carboxylic acids is 1. The maximum atomic E-state index is 13.4. The zero-order valence-corrected chi connectivity index (χ0v) is 21.7. The molecule has 1 saturated carbocycles. The van der Waals surface area contributed by atoms with Crippen LogP contribution in [-0.2, 0) is 0 Å². The number of β-amino-alcohol motifs (C(OH)–C–C–N with tert-alkyl or cyclic N) is 1. The summed E-state index contributed by atoms with van der Waals surface area (Å²) < 4.78 is 11.8. The SMILES string of the molecule is COc1cc(N2COc3cc(-c4ccc(Cl)cc4)ccc3C2=O)ccc1N1CC(C2CCCC2)[C@@H](O)C1. The lowest BCUT2D eigenvalue weighted by Crippen LogP contribution is -2.38. The highest BCUT2D eigenvalue weighted by Crippen LogP contribution is 2.42. The number of anilines is 2. The van der Waals surface area contributed by atoms with E-state index in [1.807, 2.05) is 60.7 Å². The van der Waals surface area contributed by atoms with Crippen LogP contribution < -0.4 is 19.3 Å². The van der Waals surface area contributed by atoms with Crippen LogP contribution in [0.15, 0.2) is 60.7 Å². The van der Waals surface area contributed by atoms with E-state index in [1.165, 1.54) is 25.7 Å². The number of methoxy groups -OCH3 is 1. The third-order valence-electron chi connectivity index (χ3n) is 8.14. The number of carbonyl (C=O) groups is 1. The standard InChI is InChI=1S/C30H31ClN2O4/c1-36-29-15-23(11-13-26(29)32-16-25(27(34)17-32)20-4-2-3-5-20)33-18-37-28-14-21(8-12-24(28)30(33)35)19-6-9-22(31)10-7-19/h6-15,20,25,27,34H,2-5,16-18H2,1H3/t25?,27-/m0/s1. The van der Waals surface area contributed by atoms with Crippen LogP contribution in [0, 0.1) is 11.8 Å². The molecule has 192 valence electrons. The molecule has 3 aromatic carbocycles. The second kappa shape index (κ2) is 9.92. The van der Waals surface area contributed by atoms with Gasteiger partial charge in [-0.05, 0) is 53.4 Å². The van der Waals surface area contributed by atoms with E-state index in [9.17, 15) is 9.90 Å². The van der Waals surface area contributed by atoms with E-state index in [1.54, 1.807) is 12.0 Å². The molecule has 1 aliphatic carbocycles. The summed E-state index contributed by atoms with van der Waals surface area (Å²) in [6, 6.07) is 19.0. The van der Waals surface area contributed by atoms with Crippen molar-refractivity contribution in [2.45, 2.75) is 31.8 Å². The van der Waals surface area contributed by atoms with E-state index >= 15 is 0 Å². The van der Waals surface area contributed by atoms with E-state index in [-0.39, 0.29) is 18.7 Å². The summed E-state index contributed by atoms with van der Waals surface area (Å²) in [5.41, 5.74) is 4.16. The summed E-state index contributed by atoms with van der Waals surface area (Å²) in [6.45, 7) is 1.55. The quantitative estimate of drug-likeness (QED) is 0.449. The lowest BCUT2D eigenvalue weighted by atomic mass is 9.88. The number of aliphatic hydroxyl groups excluding tert-OH is 1. The Morgan fingerprint density at radius 1 is 0.973 bits per heavy atom. The Labute approximate surface area is 222 Å². The number of benzene rings is 3. The van der Waals surface area contributed by atoms with E-state index in [2.05, 4.69) is 4.90 Å². The first-order valence-corrected chi connectivity index (χ1v) is 13.4. The van der Waals surface area contributed by atoms with E-state index in [0.29, 0.717) is 46.2 Å². The van der Waals surface area contributed by atoms with Crippen molar-refractivity contribution < 1.29 is 19.4 Å². The first kappa shape index (κ1) is 24.1. The Morgan fingerprint density at radius 2 is 1.73 bits per heavy atom. The number of nitrogens with zero attached hydrogens (tertiary/aromatic N) is 2. The molecule has 0 spiro atoms. The molecule has 6 nitrogen and oxygen atoms in total. The maximum Gasteiger partial charge on any atom is 0.264 e. The Balaban J connectivity index is 1.22. The van der Waals surface area contributed by atoms with Crippen molar-refractivity contribution in [1.82, 2.24) is 0 Å². The number of fused-ring (bicyclic) bond motifs is 1. The van der Waals surface area contributed by atoms with Gasteiger partial charge in [-0.1, -0.05) is 55.5 Å². The Bertz CT molecular complexity index is 1310. The van der Waals surface area contributed by atoms with Crippen LogP contribution in [0.1, 0.15) is 36.0 Å². The molecule has 7 heteroatoms. The van der Waals surface area contributed by atoms with Crippen molar-refractivity contribution in [3.8, 4) is 22.6 Å². The maximum absolute atomic E-state index is 13.4. The fourth-order valence-electron chi connectivity index (χ4n) is 6.12. The molecule has 1 saturated heterocycles. The van der Waals surface area contributed by atoms with Crippen LogP contribution in [0.5, 0.6) is 11.5 Å². The molecule has 1 unspecified atom stereocenters. The first-order valence-electron chi connectivity index (χ1n) is 13.0. The monoisotopic (exact) mass is 518 g/mol. The molecular formula is C30H31ClN2O4. The van der Waals surface area contributed by atoms with Gasteiger partial charge in [0.1, 0.15) is 11.5 Å². The predicted octanol–water partition coefficient (Wildman–Crippen LogP) is 6.00. The summed E-state index contributed by atoms with van der Waals surface area (Å²) in [5.74, 6) is 2.05. The zero-order chi connectivity index (χ0) is 25.5. The molecular weight excluding hydrogens is 488 g/mol. The molecule has 2 heterocycles. The highest BCUT2D eigenvalue weighted by molar-refractivity contribution is 6.30. The predicted molar refractivity (Wildman–Crippen MR) is 146 cm³/mol. The van der Waals surface area contributed by atoms with Crippen molar-refractivity contribution in [3.63, 3.8) is 0 Å². The molecule has 2 fully saturated rings. The van der Waals surface area contributed by atoms with Crippen LogP contribution in [0.25, 0.3) is 11.1 Å². The van der Waals surface area contributed by atoms with Gasteiger partial charge in [0.15, 0.2) is 6.73 Å². The third-order valence-corrected chi connectivity index (χ3v) is 8.39. The Kier molecular flexibility index (Phi) is 6.47. The van der Waals surface area contributed by atoms with Crippen LogP contribution >= 0.6 is 11.6 Å². The number of amides is 1. The summed E-state index contributed by atoms with van der Waals surface area (Å²) in [5, 5.41) is 11.5. The molecule has 1 amide bonds. The molecule has 2 atom stereocenters. The third kappa shape index (κ3) is 4.53. The minimum absolute atomic E-state index is 0.114. The van der Waals surface area contributed by atoms with Gasteiger partial charge in [-0.15, -0.1) is 0 Å². The lowest BCUT2D eigenvalue weighted by Gasteiger charge is -2.30. The molecule has 3 aromatic rings. The molecule has 1 N–H and O–H groups in total. The van der Waals surface area contributed by atoms with Gasteiger partial charge in [0.05, 0.1) is 30.2 Å². The summed E-state index contributed by atoms with van der Waals surface area (Å²) in [6.07, 6.45) is 4.64. The van der Waals surface area contributed by atoms with Gasteiger partial charge >= 0.3 is 0 Å². The van der Waals surface area contributed by atoms with Gasteiger partial charge in [-0.3, -0.25) is 9.69 Å². The van der Waals surface area contributed by atoms with E-state index < -0.39 is 0 Å². The average molecular weight is 519 g/mol. The largest absolute Gasteiger partial charge is 0.495 e. The number of hydrogen-bond acceptors (Lipinski definition) is 5. The second-order valence-electron chi connectivity index (χ2n) is 10.3.